The van der Waals surface area contributed by atoms with Crippen LogP contribution >= 0.6 is 11.6 Å². The van der Waals surface area contributed by atoms with E-state index < -0.39 is 17.7 Å². The Hall–Kier alpha value is -1.09. The summed E-state index contributed by atoms with van der Waals surface area (Å²) in [5, 5.41) is 8.81. The summed E-state index contributed by atoms with van der Waals surface area (Å²) in [4.78, 5) is 10.8. The van der Waals surface area contributed by atoms with Crippen LogP contribution in [0.5, 0.6) is 0 Å². The molecule has 2 nitrogen and oxygen atoms in total. The van der Waals surface area contributed by atoms with Gasteiger partial charge in [-0.15, -0.1) is 0 Å². The summed E-state index contributed by atoms with van der Waals surface area (Å²) in [5.74, 6) is -2.08. The topological polar surface area (TPSA) is 37.3 Å². The summed E-state index contributed by atoms with van der Waals surface area (Å²) in [6.07, 6.45) is 0.492. The fourth-order valence-corrected chi connectivity index (χ4v) is 1.57. The molecule has 0 fully saturated rings. The van der Waals surface area contributed by atoms with Crippen molar-refractivity contribution in [3.05, 3.63) is 34.1 Å². The highest BCUT2D eigenvalue weighted by Crippen LogP contribution is 2.26. The number of halogens is 2. The van der Waals surface area contributed by atoms with Gasteiger partial charge in [-0.2, -0.15) is 0 Å². The van der Waals surface area contributed by atoms with E-state index in [2.05, 4.69) is 0 Å². The fourth-order valence-electron chi connectivity index (χ4n) is 1.32. The Labute approximate surface area is 92.7 Å². The molecule has 15 heavy (non-hydrogen) atoms. The van der Waals surface area contributed by atoms with Crippen molar-refractivity contribution in [1.29, 1.82) is 0 Å². The second-order valence-electron chi connectivity index (χ2n) is 3.39. The van der Waals surface area contributed by atoms with Gasteiger partial charge in [0, 0.05) is 0 Å². The van der Waals surface area contributed by atoms with Gasteiger partial charge in [0.15, 0.2) is 0 Å². The summed E-state index contributed by atoms with van der Waals surface area (Å²) >= 11 is 5.68. The minimum atomic E-state index is -0.945. The molecule has 0 spiro atoms. The zero-order chi connectivity index (χ0) is 11.6. The Balaban J connectivity index is 3.22. The lowest BCUT2D eigenvalue weighted by atomic mass is 9.98. The van der Waals surface area contributed by atoms with Gasteiger partial charge in [-0.3, -0.25) is 4.79 Å². The summed E-state index contributed by atoms with van der Waals surface area (Å²) in [6, 6.07) is 2.93. The molecule has 0 heterocycles. The number of carbonyl (C=O) groups is 1. The van der Waals surface area contributed by atoms with Crippen LogP contribution in [-0.4, -0.2) is 11.1 Å². The van der Waals surface area contributed by atoms with Crippen LogP contribution in [0.2, 0.25) is 5.02 Å². The first-order valence-electron chi connectivity index (χ1n) is 4.68. The van der Waals surface area contributed by atoms with Crippen LogP contribution in [0, 0.1) is 5.82 Å². The minimum Gasteiger partial charge on any atom is -0.481 e. The number of rotatable bonds is 3. The van der Waals surface area contributed by atoms with E-state index in [-0.39, 0.29) is 5.02 Å². The zero-order valence-electron chi connectivity index (χ0n) is 8.55. The highest BCUT2D eigenvalue weighted by Gasteiger charge is 2.17. The Morgan fingerprint density at radius 3 is 2.67 bits per heavy atom. The highest BCUT2D eigenvalue weighted by molar-refractivity contribution is 6.30. The summed E-state index contributed by atoms with van der Waals surface area (Å²) in [5.41, 5.74) is 0.983. The third-order valence-corrected chi connectivity index (χ3v) is 2.65. The number of hydrogen-bond acceptors (Lipinski definition) is 1. The highest BCUT2D eigenvalue weighted by atomic mass is 35.5. The molecule has 1 atom stereocenters. The van der Waals surface area contributed by atoms with Gasteiger partial charge in [-0.1, -0.05) is 24.6 Å². The zero-order valence-corrected chi connectivity index (χ0v) is 9.31. The molecule has 0 saturated carbocycles. The van der Waals surface area contributed by atoms with Gasteiger partial charge in [-0.05, 0) is 30.5 Å². The molecule has 0 aliphatic heterocycles. The maximum absolute atomic E-state index is 13.4. The smallest absolute Gasteiger partial charge is 0.310 e. The maximum atomic E-state index is 13.4. The Morgan fingerprint density at radius 2 is 2.20 bits per heavy atom. The van der Waals surface area contributed by atoms with Gasteiger partial charge in [0.1, 0.15) is 5.82 Å². The molecule has 1 N–H and O–H groups in total. The van der Waals surface area contributed by atoms with Gasteiger partial charge in [-0.25, -0.2) is 4.39 Å². The first kappa shape index (κ1) is 12.0. The lowest BCUT2D eigenvalue weighted by molar-refractivity contribution is -0.138. The van der Waals surface area contributed by atoms with Crippen LogP contribution in [-0.2, 0) is 11.2 Å². The van der Waals surface area contributed by atoms with Crippen molar-refractivity contribution in [2.24, 2.45) is 0 Å². The van der Waals surface area contributed by atoms with Gasteiger partial charge in [0.05, 0.1) is 10.9 Å². The van der Waals surface area contributed by atoms with E-state index in [9.17, 15) is 9.18 Å². The Morgan fingerprint density at radius 1 is 1.60 bits per heavy atom. The van der Waals surface area contributed by atoms with Gasteiger partial charge < -0.3 is 5.11 Å². The fraction of sp³-hybridized carbons (Fsp3) is 0.364. The number of benzene rings is 1. The van der Waals surface area contributed by atoms with Crippen molar-refractivity contribution in [3.8, 4) is 0 Å². The second kappa shape index (κ2) is 4.62. The number of carboxylic acid groups (broad SMARTS) is 1. The molecule has 0 saturated heterocycles. The van der Waals surface area contributed by atoms with Crippen molar-refractivity contribution < 1.29 is 14.3 Å². The van der Waals surface area contributed by atoms with Crippen LogP contribution in [0.3, 0.4) is 0 Å². The third-order valence-electron chi connectivity index (χ3n) is 2.38. The molecule has 1 rings (SSSR count). The molecule has 1 aromatic carbocycles. The van der Waals surface area contributed by atoms with Crippen LogP contribution in [0.15, 0.2) is 12.1 Å². The van der Waals surface area contributed by atoms with Crippen molar-refractivity contribution in [3.63, 3.8) is 0 Å². The molecular weight excluding hydrogens is 219 g/mol. The molecule has 0 aromatic heterocycles. The van der Waals surface area contributed by atoms with E-state index in [4.69, 9.17) is 16.7 Å². The van der Waals surface area contributed by atoms with E-state index in [0.29, 0.717) is 17.5 Å². The molecule has 1 aromatic rings. The SMILES string of the molecule is CCc1cc(C(C)C(=O)O)cc(Cl)c1F. The van der Waals surface area contributed by atoms with Crippen LogP contribution in [0.25, 0.3) is 0 Å². The van der Waals surface area contributed by atoms with Crippen molar-refractivity contribution >= 4 is 17.6 Å². The molecule has 0 bridgehead atoms. The lowest BCUT2D eigenvalue weighted by Crippen LogP contribution is -2.08. The van der Waals surface area contributed by atoms with Gasteiger partial charge >= 0.3 is 5.97 Å². The van der Waals surface area contributed by atoms with Crippen LogP contribution in [0.1, 0.15) is 30.9 Å². The second-order valence-corrected chi connectivity index (χ2v) is 3.80. The summed E-state index contributed by atoms with van der Waals surface area (Å²) in [7, 11) is 0. The summed E-state index contributed by atoms with van der Waals surface area (Å²) in [6.45, 7) is 3.34. The van der Waals surface area contributed by atoms with E-state index in [1.165, 1.54) is 6.07 Å². The number of aryl methyl sites for hydroxylation is 1. The monoisotopic (exact) mass is 230 g/mol. The number of aliphatic carboxylic acids is 1. The molecular formula is C11H12ClFO2. The largest absolute Gasteiger partial charge is 0.481 e. The number of hydrogen-bond donors (Lipinski definition) is 1. The van der Waals surface area contributed by atoms with Crippen LogP contribution < -0.4 is 0 Å². The molecule has 82 valence electrons. The molecule has 0 radical (unpaired) electrons. The Bertz CT molecular complexity index is 390. The minimum absolute atomic E-state index is 0.0162. The molecule has 4 heteroatoms. The van der Waals surface area contributed by atoms with Crippen molar-refractivity contribution in [1.82, 2.24) is 0 Å². The predicted molar refractivity (Wildman–Crippen MR) is 56.8 cm³/mol. The van der Waals surface area contributed by atoms with E-state index in [1.54, 1.807) is 19.9 Å². The number of carboxylic acids is 1. The van der Waals surface area contributed by atoms with Crippen molar-refractivity contribution in [2.45, 2.75) is 26.2 Å². The Kier molecular flexibility index (Phi) is 3.69. The molecule has 0 amide bonds. The first-order chi connectivity index (χ1) is 6.97. The quantitative estimate of drug-likeness (QED) is 0.866. The van der Waals surface area contributed by atoms with Crippen molar-refractivity contribution in [2.75, 3.05) is 0 Å². The lowest BCUT2D eigenvalue weighted by Gasteiger charge is -2.10. The standard InChI is InChI=1S/C11H12ClFO2/c1-3-7-4-8(6(2)11(14)15)5-9(12)10(7)13/h4-6H,3H2,1-2H3,(H,14,15). The first-order valence-corrected chi connectivity index (χ1v) is 5.05. The average molecular weight is 231 g/mol. The van der Waals surface area contributed by atoms with E-state index >= 15 is 0 Å². The van der Waals surface area contributed by atoms with E-state index in [1.807, 2.05) is 0 Å². The molecule has 1 unspecified atom stereocenters. The van der Waals surface area contributed by atoms with Gasteiger partial charge in [0.25, 0.3) is 0 Å². The van der Waals surface area contributed by atoms with E-state index in [0.717, 1.165) is 0 Å². The maximum Gasteiger partial charge on any atom is 0.310 e. The van der Waals surface area contributed by atoms with Gasteiger partial charge in [0.2, 0.25) is 0 Å². The normalized spacial score (nSPS) is 12.5. The molecule has 0 aliphatic carbocycles. The average Bonchev–Trinajstić information content (AvgIpc) is 2.20. The predicted octanol–water partition coefficient (Wildman–Crippen LogP) is 3.23. The summed E-state index contributed by atoms with van der Waals surface area (Å²) < 4.78 is 13.4. The van der Waals surface area contributed by atoms with Crippen LogP contribution in [0.4, 0.5) is 4.39 Å². The third kappa shape index (κ3) is 2.48. The molecule has 0 aliphatic rings.